The van der Waals surface area contributed by atoms with Crippen molar-refractivity contribution >= 4 is 11.9 Å². The van der Waals surface area contributed by atoms with E-state index in [9.17, 15) is 9.59 Å². The van der Waals surface area contributed by atoms with Crippen LogP contribution in [-0.2, 0) is 9.59 Å². The molecular weight excluding hydrogens is 242 g/mol. The zero-order chi connectivity index (χ0) is 13.9. The van der Waals surface area contributed by atoms with E-state index in [0.717, 1.165) is 44.9 Å². The van der Waals surface area contributed by atoms with E-state index in [-0.39, 0.29) is 12.3 Å². The van der Waals surface area contributed by atoms with Crippen molar-refractivity contribution in [1.82, 2.24) is 4.90 Å². The number of carboxylic acid groups (broad SMARTS) is 1. The second-order valence-corrected chi connectivity index (χ2v) is 6.31. The molecule has 0 aromatic carbocycles. The Morgan fingerprint density at radius 1 is 1.16 bits per heavy atom. The third kappa shape index (κ3) is 3.28. The van der Waals surface area contributed by atoms with Crippen LogP contribution < -0.4 is 0 Å². The Morgan fingerprint density at radius 2 is 1.79 bits per heavy atom. The lowest BCUT2D eigenvalue weighted by molar-refractivity contribution is -0.146. The summed E-state index contributed by atoms with van der Waals surface area (Å²) in [6, 6.07) is 0. The van der Waals surface area contributed by atoms with Crippen LogP contribution in [0.25, 0.3) is 0 Å². The van der Waals surface area contributed by atoms with Gasteiger partial charge in [-0.3, -0.25) is 9.59 Å². The van der Waals surface area contributed by atoms with Gasteiger partial charge in [-0.05, 0) is 31.6 Å². The summed E-state index contributed by atoms with van der Waals surface area (Å²) in [4.78, 5) is 25.3. The molecule has 1 amide bonds. The van der Waals surface area contributed by atoms with Crippen LogP contribution in [0.3, 0.4) is 0 Å². The number of nitrogens with zero attached hydrogens (tertiary/aromatic N) is 1. The highest BCUT2D eigenvalue weighted by atomic mass is 16.4. The summed E-state index contributed by atoms with van der Waals surface area (Å²) in [7, 11) is 1.81. The molecule has 2 aliphatic rings. The molecule has 19 heavy (non-hydrogen) atoms. The van der Waals surface area contributed by atoms with E-state index in [1.165, 1.54) is 6.42 Å². The first-order valence-corrected chi connectivity index (χ1v) is 7.52. The van der Waals surface area contributed by atoms with Crippen molar-refractivity contribution in [3.8, 4) is 0 Å². The molecule has 0 aromatic rings. The molecule has 0 aliphatic heterocycles. The molecule has 0 aromatic heterocycles. The first-order valence-electron chi connectivity index (χ1n) is 7.52. The summed E-state index contributed by atoms with van der Waals surface area (Å²) in [5.74, 6) is -0.0986. The van der Waals surface area contributed by atoms with E-state index in [1.54, 1.807) is 4.90 Å². The topological polar surface area (TPSA) is 57.6 Å². The normalized spacial score (nSPS) is 22.6. The van der Waals surface area contributed by atoms with Crippen LogP contribution >= 0.6 is 0 Å². The quantitative estimate of drug-likeness (QED) is 0.833. The lowest BCUT2D eigenvalue weighted by Gasteiger charge is -2.44. The highest BCUT2D eigenvalue weighted by Crippen LogP contribution is 2.37. The Morgan fingerprint density at radius 3 is 2.26 bits per heavy atom. The molecule has 2 aliphatic carbocycles. The van der Waals surface area contributed by atoms with Crippen LogP contribution in [0.4, 0.5) is 0 Å². The van der Waals surface area contributed by atoms with Gasteiger partial charge >= 0.3 is 5.97 Å². The third-order valence-corrected chi connectivity index (χ3v) is 5.04. The van der Waals surface area contributed by atoms with Gasteiger partial charge in [0, 0.05) is 13.5 Å². The Hall–Kier alpha value is -1.06. The Bertz CT molecular complexity index is 343. The van der Waals surface area contributed by atoms with Gasteiger partial charge in [0.05, 0.1) is 12.0 Å². The fourth-order valence-electron chi connectivity index (χ4n) is 3.47. The number of carbonyl (C=O) groups is 2. The van der Waals surface area contributed by atoms with Gasteiger partial charge in [0.15, 0.2) is 0 Å². The molecule has 1 N–H and O–H groups in total. The molecule has 4 nitrogen and oxygen atoms in total. The number of hydrogen-bond acceptors (Lipinski definition) is 2. The van der Waals surface area contributed by atoms with E-state index >= 15 is 0 Å². The molecule has 2 fully saturated rings. The summed E-state index contributed by atoms with van der Waals surface area (Å²) in [6.45, 7) is 0. The molecule has 0 saturated heterocycles. The maximum Gasteiger partial charge on any atom is 0.305 e. The van der Waals surface area contributed by atoms with Crippen molar-refractivity contribution in [3.05, 3.63) is 0 Å². The number of hydrogen-bond donors (Lipinski definition) is 1. The molecule has 2 rings (SSSR count). The zero-order valence-corrected chi connectivity index (χ0v) is 11.9. The van der Waals surface area contributed by atoms with Gasteiger partial charge in [0.2, 0.25) is 5.91 Å². The van der Waals surface area contributed by atoms with Crippen molar-refractivity contribution < 1.29 is 14.7 Å². The lowest BCUT2D eigenvalue weighted by Crippen LogP contribution is -2.52. The van der Waals surface area contributed by atoms with Crippen LogP contribution in [-0.4, -0.2) is 34.5 Å². The van der Waals surface area contributed by atoms with E-state index in [4.69, 9.17) is 5.11 Å². The van der Waals surface area contributed by atoms with Gasteiger partial charge in [-0.15, -0.1) is 0 Å². The summed E-state index contributed by atoms with van der Waals surface area (Å²) in [5.41, 5.74) is -0.426. The van der Waals surface area contributed by atoms with Crippen LogP contribution in [0.1, 0.15) is 64.2 Å². The Labute approximate surface area is 115 Å². The molecule has 0 unspecified atom stereocenters. The number of aliphatic carboxylic acids is 1. The average Bonchev–Trinajstić information content (AvgIpc) is 2.33. The zero-order valence-electron chi connectivity index (χ0n) is 11.9. The Balaban J connectivity index is 2.02. The van der Waals surface area contributed by atoms with Crippen molar-refractivity contribution in [1.29, 1.82) is 0 Å². The molecule has 0 heterocycles. The Kier molecular flexibility index (Phi) is 4.48. The minimum absolute atomic E-state index is 0.0971. The number of carbonyl (C=O) groups excluding carboxylic acids is 1. The van der Waals surface area contributed by atoms with Gasteiger partial charge in [-0.1, -0.05) is 25.7 Å². The second kappa shape index (κ2) is 5.93. The number of carboxylic acids is 1. The van der Waals surface area contributed by atoms with Gasteiger partial charge in [0.1, 0.15) is 0 Å². The van der Waals surface area contributed by atoms with Crippen LogP contribution in [0, 0.1) is 5.92 Å². The molecule has 2 saturated carbocycles. The summed E-state index contributed by atoms with van der Waals surface area (Å²) in [5, 5.41) is 9.16. The van der Waals surface area contributed by atoms with Gasteiger partial charge < -0.3 is 10.0 Å². The standard InChI is InChI=1S/C15H25NO3/c1-16(13(17)10-12-6-5-7-12)15(11-14(18)19)8-3-2-4-9-15/h12H,2-11H2,1H3,(H,18,19). The predicted octanol–water partition coefficient (Wildman–Crippen LogP) is 2.81. The van der Waals surface area contributed by atoms with Crippen molar-refractivity contribution in [2.45, 2.75) is 69.7 Å². The summed E-state index contributed by atoms with van der Waals surface area (Å²) in [6.07, 6.45) is 9.17. The molecule has 0 radical (unpaired) electrons. The van der Waals surface area contributed by atoms with E-state index < -0.39 is 11.5 Å². The van der Waals surface area contributed by atoms with Crippen LogP contribution in [0.2, 0.25) is 0 Å². The minimum atomic E-state index is -0.787. The predicted molar refractivity (Wildman–Crippen MR) is 72.8 cm³/mol. The van der Waals surface area contributed by atoms with E-state index in [2.05, 4.69) is 0 Å². The number of rotatable bonds is 5. The van der Waals surface area contributed by atoms with Gasteiger partial charge in [-0.2, -0.15) is 0 Å². The number of amides is 1. The fraction of sp³-hybridized carbons (Fsp3) is 0.867. The molecular formula is C15H25NO3. The summed E-state index contributed by atoms with van der Waals surface area (Å²) < 4.78 is 0. The van der Waals surface area contributed by atoms with Gasteiger partial charge in [-0.25, -0.2) is 0 Å². The van der Waals surface area contributed by atoms with Crippen molar-refractivity contribution in [2.75, 3.05) is 7.05 Å². The largest absolute Gasteiger partial charge is 0.481 e. The molecule has 108 valence electrons. The highest BCUT2D eigenvalue weighted by molar-refractivity contribution is 5.78. The fourth-order valence-corrected chi connectivity index (χ4v) is 3.47. The maximum absolute atomic E-state index is 12.4. The van der Waals surface area contributed by atoms with E-state index in [1.807, 2.05) is 7.05 Å². The maximum atomic E-state index is 12.4. The molecule has 0 bridgehead atoms. The van der Waals surface area contributed by atoms with Crippen LogP contribution in [0.5, 0.6) is 0 Å². The molecule has 0 atom stereocenters. The van der Waals surface area contributed by atoms with Gasteiger partial charge in [0.25, 0.3) is 0 Å². The van der Waals surface area contributed by atoms with Crippen molar-refractivity contribution in [3.63, 3.8) is 0 Å². The monoisotopic (exact) mass is 267 g/mol. The first kappa shape index (κ1) is 14.4. The summed E-state index contributed by atoms with van der Waals surface area (Å²) >= 11 is 0. The van der Waals surface area contributed by atoms with Crippen molar-refractivity contribution in [2.24, 2.45) is 5.92 Å². The third-order valence-electron chi connectivity index (χ3n) is 5.04. The SMILES string of the molecule is CN(C(=O)CC1CCC1)C1(CC(=O)O)CCCCC1. The smallest absolute Gasteiger partial charge is 0.305 e. The average molecular weight is 267 g/mol. The first-order chi connectivity index (χ1) is 9.03. The highest BCUT2D eigenvalue weighted by Gasteiger charge is 2.40. The van der Waals surface area contributed by atoms with E-state index in [0.29, 0.717) is 12.3 Å². The minimum Gasteiger partial charge on any atom is -0.481 e. The lowest BCUT2D eigenvalue weighted by atomic mass is 9.77. The van der Waals surface area contributed by atoms with Crippen LogP contribution in [0.15, 0.2) is 0 Å². The molecule has 4 heteroatoms. The second-order valence-electron chi connectivity index (χ2n) is 6.31. The molecule has 0 spiro atoms.